The van der Waals surface area contributed by atoms with Gasteiger partial charge in [0, 0.05) is 58.2 Å². The van der Waals surface area contributed by atoms with E-state index in [1.54, 1.807) is 91.5 Å². The Kier molecular flexibility index (Phi) is 13.3. The summed E-state index contributed by atoms with van der Waals surface area (Å²) in [6, 6.07) is 38.5. The third-order valence-corrected chi connectivity index (χ3v) is 8.47. The third-order valence-electron chi connectivity index (χ3n) is 8.47. The third kappa shape index (κ3) is 11.5. The molecule has 17 nitrogen and oxygen atoms in total. The van der Waals surface area contributed by atoms with Crippen LogP contribution in [0.5, 0.6) is 17.2 Å². The lowest BCUT2D eigenvalue weighted by atomic mass is 10.3. The second-order valence-corrected chi connectivity index (χ2v) is 13.7. The van der Waals surface area contributed by atoms with Crippen molar-refractivity contribution in [2.45, 2.75) is 13.8 Å². The van der Waals surface area contributed by atoms with Gasteiger partial charge in [0.15, 0.2) is 0 Å². The Balaban J connectivity index is 1.35. The van der Waals surface area contributed by atoms with E-state index < -0.39 is 17.9 Å². The Morgan fingerprint density at radius 1 is 0.484 bits per heavy atom. The standard InChI is InChI=1S/C47H39N11O6/c1-6-39(59)62-36-23-13-18-32(26-36)49-44-53-45(51-34-20-15-25-38(28-34)64-41(61)30(4)5)57-47(56-44)58(35-21-11-8-12-22-35)46-54-42(48-31-16-9-7-10-17-31)52-43(55-46)50-33-19-14-24-37(27-33)63-40(60)29(2)3/h6-28H,1-2,4H2,3,5H3,(H2,48,50,52,54,55)(H2,49,51,53,56,57). The molecule has 0 bridgehead atoms. The average Bonchev–Trinajstić information content (AvgIpc) is 3.27. The van der Waals surface area contributed by atoms with E-state index >= 15 is 0 Å². The number of para-hydroxylation sites is 2. The van der Waals surface area contributed by atoms with E-state index in [1.807, 2.05) is 60.7 Å². The number of carbonyl (C=O) groups is 3. The smallest absolute Gasteiger partial charge is 0.338 e. The van der Waals surface area contributed by atoms with Gasteiger partial charge in [0.05, 0.1) is 5.69 Å². The molecule has 0 aliphatic heterocycles. The van der Waals surface area contributed by atoms with Crippen molar-refractivity contribution in [2.75, 3.05) is 26.2 Å². The summed E-state index contributed by atoms with van der Waals surface area (Å²) < 4.78 is 16.3. The molecule has 0 unspecified atom stereocenters. The van der Waals surface area contributed by atoms with Gasteiger partial charge in [-0.1, -0.05) is 74.3 Å². The van der Waals surface area contributed by atoms with E-state index in [4.69, 9.17) is 34.1 Å². The second kappa shape index (κ2) is 19.9. The fourth-order valence-electron chi connectivity index (χ4n) is 5.55. The highest BCUT2D eigenvalue weighted by Gasteiger charge is 2.23. The van der Waals surface area contributed by atoms with Crippen LogP contribution in [0.4, 0.5) is 64.1 Å². The van der Waals surface area contributed by atoms with E-state index in [1.165, 1.54) is 0 Å². The molecule has 64 heavy (non-hydrogen) atoms. The van der Waals surface area contributed by atoms with Crippen LogP contribution < -0.4 is 40.4 Å². The lowest BCUT2D eigenvalue weighted by Gasteiger charge is -2.23. The average molecular weight is 854 g/mol. The van der Waals surface area contributed by atoms with Crippen LogP contribution in [0.25, 0.3) is 0 Å². The number of rotatable bonds is 17. The minimum Gasteiger partial charge on any atom is -0.423 e. The molecule has 0 saturated carbocycles. The second-order valence-electron chi connectivity index (χ2n) is 13.7. The lowest BCUT2D eigenvalue weighted by molar-refractivity contribution is -0.130. The number of ether oxygens (including phenoxy) is 3. The summed E-state index contributed by atoms with van der Waals surface area (Å²) in [5.41, 5.74) is 3.16. The topological polar surface area (TPSA) is 208 Å². The summed E-state index contributed by atoms with van der Waals surface area (Å²) in [6.45, 7) is 13.9. The van der Waals surface area contributed by atoms with E-state index in [2.05, 4.69) is 51.0 Å². The summed E-state index contributed by atoms with van der Waals surface area (Å²) >= 11 is 0. The Morgan fingerprint density at radius 3 is 1.23 bits per heavy atom. The van der Waals surface area contributed by atoms with Crippen molar-refractivity contribution < 1.29 is 28.6 Å². The molecule has 7 rings (SSSR count). The normalized spacial score (nSPS) is 10.4. The molecule has 2 aromatic heterocycles. The molecular formula is C47H39N11O6. The highest BCUT2D eigenvalue weighted by molar-refractivity contribution is 5.89. The molecule has 5 aromatic carbocycles. The molecule has 0 spiro atoms. The predicted octanol–water partition coefficient (Wildman–Crippen LogP) is 9.56. The Bertz CT molecular complexity index is 2880. The molecule has 0 amide bonds. The van der Waals surface area contributed by atoms with E-state index in [9.17, 15) is 14.4 Å². The zero-order chi connectivity index (χ0) is 45.0. The van der Waals surface area contributed by atoms with Crippen LogP contribution in [0.1, 0.15) is 13.8 Å². The predicted molar refractivity (Wildman–Crippen MR) is 244 cm³/mol. The van der Waals surface area contributed by atoms with Crippen molar-refractivity contribution >= 4 is 82.0 Å². The number of hydrogen-bond acceptors (Lipinski definition) is 17. The molecule has 7 aromatic rings. The monoisotopic (exact) mass is 853 g/mol. The van der Waals surface area contributed by atoms with Gasteiger partial charge >= 0.3 is 17.9 Å². The molecule has 4 N–H and O–H groups in total. The van der Waals surface area contributed by atoms with Crippen molar-refractivity contribution in [3.8, 4) is 17.2 Å². The maximum absolute atomic E-state index is 12.4. The molecule has 0 radical (unpaired) electrons. The number of aromatic nitrogens is 6. The van der Waals surface area contributed by atoms with Gasteiger partial charge in [-0.15, -0.1) is 0 Å². The Hall–Kier alpha value is -9.25. The maximum Gasteiger partial charge on any atom is 0.338 e. The minimum absolute atomic E-state index is 0.0434. The molecule has 2 heterocycles. The molecular weight excluding hydrogens is 815 g/mol. The minimum atomic E-state index is -0.632. The first-order chi connectivity index (χ1) is 31.0. The van der Waals surface area contributed by atoms with Crippen LogP contribution in [0, 0.1) is 0 Å². The first-order valence-corrected chi connectivity index (χ1v) is 19.4. The maximum atomic E-state index is 12.4. The van der Waals surface area contributed by atoms with E-state index in [0.29, 0.717) is 28.4 Å². The van der Waals surface area contributed by atoms with Crippen molar-refractivity contribution in [1.82, 2.24) is 29.9 Å². The quantitative estimate of drug-likeness (QED) is 0.0382. The van der Waals surface area contributed by atoms with Crippen LogP contribution in [0.2, 0.25) is 0 Å². The van der Waals surface area contributed by atoms with Crippen LogP contribution in [0.3, 0.4) is 0 Å². The number of nitrogens with one attached hydrogen (secondary N) is 4. The van der Waals surface area contributed by atoms with Gasteiger partial charge in [0.2, 0.25) is 35.7 Å². The van der Waals surface area contributed by atoms with Crippen molar-refractivity contribution in [1.29, 1.82) is 0 Å². The SMILES string of the molecule is C=CC(=O)Oc1cccc(Nc2nc(Nc3cccc(OC(=O)C(=C)C)c3)nc(N(c3ccccc3)c3nc(Nc4ccccc4)nc(Nc4cccc(OC(=O)C(=C)C)c4)n3)n2)c1. The first kappa shape index (κ1) is 42.9. The summed E-state index contributed by atoms with van der Waals surface area (Å²) in [7, 11) is 0. The van der Waals surface area contributed by atoms with Crippen molar-refractivity contribution in [2.24, 2.45) is 0 Å². The molecule has 17 heteroatoms. The van der Waals surface area contributed by atoms with Gasteiger partial charge in [0.1, 0.15) is 17.2 Å². The van der Waals surface area contributed by atoms with Gasteiger partial charge in [-0.25, -0.2) is 19.3 Å². The molecule has 0 atom stereocenters. The summed E-state index contributed by atoms with van der Waals surface area (Å²) in [4.78, 5) is 67.0. The molecule has 0 aliphatic carbocycles. The Labute approximate surface area is 367 Å². The van der Waals surface area contributed by atoms with Crippen molar-refractivity contribution in [3.63, 3.8) is 0 Å². The van der Waals surface area contributed by atoms with E-state index in [-0.39, 0.29) is 64.1 Å². The van der Waals surface area contributed by atoms with Gasteiger partial charge in [-0.2, -0.15) is 29.9 Å². The van der Waals surface area contributed by atoms with Crippen LogP contribution in [0.15, 0.2) is 170 Å². The fraction of sp³-hybridized carbons (Fsp3) is 0.0426. The van der Waals surface area contributed by atoms with Crippen LogP contribution >= 0.6 is 0 Å². The summed E-state index contributed by atoms with van der Waals surface area (Å²) in [5, 5.41) is 12.8. The Morgan fingerprint density at radius 2 is 0.844 bits per heavy atom. The number of anilines is 11. The highest BCUT2D eigenvalue weighted by Crippen LogP contribution is 2.34. The number of nitrogens with zero attached hydrogens (tertiary/aromatic N) is 7. The van der Waals surface area contributed by atoms with Crippen molar-refractivity contribution in [3.05, 3.63) is 170 Å². The molecule has 0 saturated heterocycles. The van der Waals surface area contributed by atoms with Gasteiger partial charge < -0.3 is 35.5 Å². The van der Waals surface area contributed by atoms with Gasteiger partial charge in [-0.05, 0) is 74.5 Å². The fourth-order valence-corrected chi connectivity index (χ4v) is 5.55. The zero-order valence-corrected chi connectivity index (χ0v) is 34.5. The van der Waals surface area contributed by atoms with Gasteiger partial charge in [0.25, 0.3) is 0 Å². The van der Waals surface area contributed by atoms with Crippen LogP contribution in [-0.2, 0) is 14.4 Å². The molecule has 318 valence electrons. The zero-order valence-electron chi connectivity index (χ0n) is 34.5. The molecule has 0 fully saturated rings. The highest BCUT2D eigenvalue weighted by atomic mass is 16.5. The summed E-state index contributed by atoms with van der Waals surface area (Å²) in [5.74, 6) is -0.530. The number of hydrogen-bond donors (Lipinski definition) is 4. The van der Waals surface area contributed by atoms with Crippen LogP contribution in [-0.4, -0.2) is 47.8 Å². The van der Waals surface area contributed by atoms with E-state index in [0.717, 1.165) is 6.08 Å². The first-order valence-electron chi connectivity index (χ1n) is 19.4. The van der Waals surface area contributed by atoms with Gasteiger partial charge in [-0.3, -0.25) is 0 Å². The lowest BCUT2D eigenvalue weighted by Crippen LogP contribution is -2.20. The number of carbonyl (C=O) groups excluding carboxylic acids is 3. The number of esters is 3. The largest absolute Gasteiger partial charge is 0.423 e. The summed E-state index contributed by atoms with van der Waals surface area (Å²) in [6.07, 6.45) is 1.06. The number of benzene rings is 5. The molecule has 0 aliphatic rings.